The third-order valence-corrected chi connectivity index (χ3v) is 5.48. The fourth-order valence-electron chi connectivity index (χ4n) is 1.60. The maximum absolute atomic E-state index is 11.9. The summed E-state index contributed by atoms with van der Waals surface area (Å²) in [6.07, 6.45) is 0.699. The molecule has 0 bridgehead atoms. The van der Waals surface area contributed by atoms with E-state index in [1.807, 2.05) is 43.3 Å². The molecule has 2 rings (SSSR count). The van der Waals surface area contributed by atoms with Crippen LogP contribution in [0.15, 0.2) is 46.7 Å². The molecular weight excluding hydrogens is 266 g/mol. The van der Waals surface area contributed by atoms with E-state index in [0.29, 0.717) is 17.2 Å². The van der Waals surface area contributed by atoms with Crippen LogP contribution in [0, 0.1) is 6.92 Å². The third-order valence-electron chi connectivity index (χ3n) is 2.53. The van der Waals surface area contributed by atoms with Crippen LogP contribution in [-0.2, 0) is 16.4 Å². The van der Waals surface area contributed by atoms with Crippen LogP contribution in [0.4, 0.5) is 0 Å². The molecule has 1 aromatic carbocycles. The van der Waals surface area contributed by atoms with E-state index in [1.54, 1.807) is 6.07 Å². The summed E-state index contributed by atoms with van der Waals surface area (Å²) >= 11 is 1.29. The molecule has 0 unspecified atom stereocenters. The van der Waals surface area contributed by atoms with E-state index < -0.39 is 10.0 Å². The highest BCUT2D eigenvalue weighted by atomic mass is 32.2. The number of nitrogens with one attached hydrogen (secondary N) is 1. The minimum absolute atomic E-state index is 0.382. The molecule has 0 aliphatic heterocycles. The lowest BCUT2D eigenvalue weighted by Gasteiger charge is -2.04. The van der Waals surface area contributed by atoms with Crippen molar-refractivity contribution >= 4 is 21.4 Å². The first kappa shape index (κ1) is 13.3. The summed E-state index contributed by atoms with van der Waals surface area (Å²) in [6, 6.07) is 13.3. The average molecular weight is 281 g/mol. The van der Waals surface area contributed by atoms with Crippen molar-refractivity contribution in [1.29, 1.82) is 0 Å². The van der Waals surface area contributed by atoms with Crippen molar-refractivity contribution < 1.29 is 8.42 Å². The molecule has 0 saturated carbocycles. The Morgan fingerprint density at radius 2 is 1.83 bits per heavy atom. The number of sulfonamides is 1. The van der Waals surface area contributed by atoms with Gasteiger partial charge in [-0.2, -0.15) is 0 Å². The van der Waals surface area contributed by atoms with E-state index in [-0.39, 0.29) is 0 Å². The Hall–Kier alpha value is -1.17. The molecule has 0 amide bonds. The molecule has 1 N–H and O–H groups in total. The molecule has 1 heterocycles. The molecule has 5 heteroatoms. The zero-order chi connectivity index (χ0) is 13.0. The van der Waals surface area contributed by atoms with E-state index in [0.717, 1.165) is 10.4 Å². The predicted octanol–water partition coefficient (Wildman–Crippen LogP) is 2.58. The van der Waals surface area contributed by atoms with Gasteiger partial charge in [0.1, 0.15) is 4.21 Å². The minimum atomic E-state index is -3.34. The summed E-state index contributed by atoms with van der Waals surface area (Å²) in [6.45, 7) is 2.32. The van der Waals surface area contributed by atoms with Gasteiger partial charge in [0.2, 0.25) is 10.0 Å². The van der Waals surface area contributed by atoms with Gasteiger partial charge in [-0.05, 0) is 31.0 Å². The van der Waals surface area contributed by atoms with Gasteiger partial charge in [-0.1, -0.05) is 30.3 Å². The highest BCUT2D eigenvalue weighted by Gasteiger charge is 2.14. The Kier molecular flexibility index (Phi) is 4.16. The van der Waals surface area contributed by atoms with Crippen molar-refractivity contribution in [3.63, 3.8) is 0 Å². The van der Waals surface area contributed by atoms with Crippen molar-refractivity contribution in [2.75, 3.05) is 6.54 Å². The summed E-state index contributed by atoms with van der Waals surface area (Å²) < 4.78 is 26.9. The number of aryl methyl sites for hydroxylation is 1. The molecular formula is C13H15NO2S2. The Morgan fingerprint density at radius 3 is 2.44 bits per heavy atom. The Labute approximate surface area is 112 Å². The number of hydrogen-bond donors (Lipinski definition) is 1. The molecule has 0 aliphatic carbocycles. The van der Waals surface area contributed by atoms with Gasteiger partial charge in [0.15, 0.2) is 0 Å². The van der Waals surface area contributed by atoms with E-state index in [1.165, 1.54) is 11.3 Å². The summed E-state index contributed by atoms with van der Waals surface area (Å²) in [5.74, 6) is 0. The number of hydrogen-bond acceptors (Lipinski definition) is 3. The van der Waals surface area contributed by atoms with E-state index in [9.17, 15) is 8.42 Å². The molecule has 1 aromatic heterocycles. The van der Waals surface area contributed by atoms with Gasteiger partial charge in [0.05, 0.1) is 0 Å². The third kappa shape index (κ3) is 3.41. The monoisotopic (exact) mass is 281 g/mol. The first-order chi connectivity index (χ1) is 8.58. The highest BCUT2D eigenvalue weighted by molar-refractivity contribution is 7.91. The summed E-state index contributed by atoms with van der Waals surface area (Å²) in [5.41, 5.74) is 1.13. The normalized spacial score (nSPS) is 11.6. The van der Waals surface area contributed by atoms with E-state index >= 15 is 0 Å². The van der Waals surface area contributed by atoms with Crippen LogP contribution in [-0.4, -0.2) is 15.0 Å². The zero-order valence-corrected chi connectivity index (χ0v) is 11.7. The van der Waals surface area contributed by atoms with E-state index in [2.05, 4.69) is 4.72 Å². The van der Waals surface area contributed by atoms with Gasteiger partial charge in [-0.25, -0.2) is 13.1 Å². The smallest absolute Gasteiger partial charge is 0.210 e. The molecule has 0 atom stereocenters. The molecule has 0 aliphatic rings. The minimum Gasteiger partial charge on any atom is -0.210 e. The maximum atomic E-state index is 11.9. The van der Waals surface area contributed by atoms with Crippen LogP contribution < -0.4 is 4.72 Å². The molecule has 0 radical (unpaired) electrons. The van der Waals surface area contributed by atoms with Gasteiger partial charge in [0, 0.05) is 11.4 Å². The van der Waals surface area contributed by atoms with Crippen molar-refractivity contribution in [3.05, 3.63) is 52.9 Å². The molecule has 2 aromatic rings. The lowest BCUT2D eigenvalue weighted by molar-refractivity contribution is 0.584. The molecule has 18 heavy (non-hydrogen) atoms. The second kappa shape index (κ2) is 5.65. The van der Waals surface area contributed by atoms with Crippen LogP contribution in [0.3, 0.4) is 0 Å². The fraction of sp³-hybridized carbons (Fsp3) is 0.231. The fourth-order valence-corrected chi connectivity index (χ4v) is 3.96. The van der Waals surface area contributed by atoms with Gasteiger partial charge in [-0.3, -0.25) is 0 Å². The SMILES string of the molecule is Cc1ccc(S(=O)(=O)NCCc2ccccc2)s1. The summed E-state index contributed by atoms with van der Waals surface area (Å²) in [7, 11) is -3.34. The quantitative estimate of drug-likeness (QED) is 0.915. The number of rotatable bonds is 5. The summed E-state index contributed by atoms with van der Waals surface area (Å²) in [5, 5.41) is 0. The average Bonchev–Trinajstić information content (AvgIpc) is 2.78. The topological polar surface area (TPSA) is 46.2 Å². The van der Waals surface area contributed by atoms with E-state index in [4.69, 9.17) is 0 Å². The van der Waals surface area contributed by atoms with Crippen LogP contribution in [0.5, 0.6) is 0 Å². The molecule has 96 valence electrons. The molecule has 0 fully saturated rings. The lowest BCUT2D eigenvalue weighted by Crippen LogP contribution is -2.25. The predicted molar refractivity (Wildman–Crippen MR) is 74.4 cm³/mol. The van der Waals surface area contributed by atoms with Crippen molar-refractivity contribution in [2.45, 2.75) is 17.6 Å². The number of thiophene rings is 1. The standard InChI is InChI=1S/C13H15NO2S2/c1-11-7-8-13(17-11)18(15,16)14-10-9-12-5-3-2-4-6-12/h2-8,14H,9-10H2,1H3. The zero-order valence-electron chi connectivity index (χ0n) is 10.1. The summed E-state index contributed by atoms with van der Waals surface area (Å²) in [4.78, 5) is 0.999. The Bertz CT molecular complexity index is 603. The Balaban J connectivity index is 1.94. The second-order valence-corrected chi connectivity index (χ2v) is 7.28. The van der Waals surface area contributed by atoms with Crippen LogP contribution >= 0.6 is 11.3 Å². The van der Waals surface area contributed by atoms with Crippen molar-refractivity contribution in [2.24, 2.45) is 0 Å². The van der Waals surface area contributed by atoms with Gasteiger partial charge < -0.3 is 0 Å². The van der Waals surface area contributed by atoms with Crippen LogP contribution in [0.25, 0.3) is 0 Å². The van der Waals surface area contributed by atoms with Crippen molar-refractivity contribution in [3.8, 4) is 0 Å². The first-order valence-corrected chi connectivity index (χ1v) is 7.98. The second-order valence-electron chi connectivity index (χ2n) is 4.00. The maximum Gasteiger partial charge on any atom is 0.250 e. The van der Waals surface area contributed by atoms with Gasteiger partial charge >= 0.3 is 0 Å². The highest BCUT2D eigenvalue weighted by Crippen LogP contribution is 2.20. The largest absolute Gasteiger partial charge is 0.250 e. The van der Waals surface area contributed by atoms with Gasteiger partial charge in [0.25, 0.3) is 0 Å². The Morgan fingerprint density at radius 1 is 1.11 bits per heavy atom. The molecule has 3 nitrogen and oxygen atoms in total. The van der Waals surface area contributed by atoms with Crippen LogP contribution in [0.2, 0.25) is 0 Å². The lowest BCUT2D eigenvalue weighted by atomic mass is 10.2. The van der Waals surface area contributed by atoms with Gasteiger partial charge in [-0.15, -0.1) is 11.3 Å². The van der Waals surface area contributed by atoms with Crippen LogP contribution in [0.1, 0.15) is 10.4 Å². The number of benzene rings is 1. The molecule has 0 spiro atoms. The molecule has 0 saturated heterocycles. The van der Waals surface area contributed by atoms with Crippen molar-refractivity contribution in [1.82, 2.24) is 4.72 Å². The first-order valence-electron chi connectivity index (χ1n) is 5.68.